The normalized spacial score (nSPS) is 39.5. The molecule has 0 aliphatic heterocycles. The number of ether oxygens (including phenoxy) is 2. The molecular weight excluding hydrogens is 376 g/mol. The van der Waals surface area contributed by atoms with Gasteiger partial charge in [0.1, 0.15) is 5.60 Å². The topological polar surface area (TPSA) is 52.6 Å². The lowest BCUT2D eigenvalue weighted by atomic mass is 9.46. The van der Waals surface area contributed by atoms with E-state index in [-0.39, 0.29) is 17.5 Å². The third-order valence-electron chi connectivity index (χ3n) is 8.64. The number of hydrogen-bond acceptors (Lipinski definition) is 4. The molecule has 0 saturated heterocycles. The maximum Gasteiger partial charge on any atom is 0.333 e. The highest BCUT2D eigenvalue weighted by Gasteiger charge is 2.62. The van der Waals surface area contributed by atoms with Crippen molar-refractivity contribution in [2.75, 3.05) is 6.61 Å². The van der Waals surface area contributed by atoms with E-state index in [0.29, 0.717) is 49.2 Å². The van der Waals surface area contributed by atoms with Crippen LogP contribution < -0.4 is 0 Å². The smallest absolute Gasteiger partial charge is 0.333 e. The maximum atomic E-state index is 13.0. The highest BCUT2D eigenvalue weighted by atomic mass is 16.6. The summed E-state index contributed by atoms with van der Waals surface area (Å²) in [5, 5.41) is 0. The standard InChI is InChI=1S/C26H40O4/c1-17(2)25(28)29-10-5-4-9-24(27)30-26(21-8-6-7-18(3)11-21)22-13-19-12-20(15-22)16-23(26)14-19/h18-23H,1,4-16H2,2-3H3. The SMILES string of the molecule is C=C(C)C(=O)OCCCCC(=O)OC1(C2CCCC(C)C2)C2CC3CC(C2)CC1C3. The Balaban J connectivity index is 1.38. The van der Waals surface area contributed by atoms with Crippen LogP contribution in [-0.4, -0.2) is 24.1 Å². The van der Waals surface area contributed by atoms with Crippen LogP contribution in [0.2, 0.25) is 0 Å². The van der Waals surface area contributed by atoms with E-state index in [9.17, 15) is 9.59 Å². The van der Waals surface area contributed by atoms with E-state index in [1.165, 1.54) is 57.8 Å². The van der Waals surface area contributed by atoms with Crippen LogP contribution in [0.25, 0.3) is 0 Å². The van der Waals surface area contributed by atoms with Crippen molar-refractivity contribution in [2.45, 2.75) is 96.5 Å². The van der Waals surface area contributed by atoms with Gasteiger partial charge in [0.15, 0.2) is 0 Å². The Morgan fingerprint density at radius 3 is 2.20 bits per heavy atom. The summed E-state index contributed by atoms with van der Waals surface area (Å²) in [4.78, 5) is 24.5. The van der Waals surface area contributed by atoms with E-state index in [4.69, 9.17) is 9.47 Å². The van der Waals surface area contributed by atoms with Gasteiger partial charge in [-0.15, -0.1) is 0 Å². The first kappa shape index (κ1) is 21.9. The summed E-state index contributed by atoms with van der Waals surface area (Å²) in [6.45, 7) is 7.97. The van der Waals surface area contributed by atoms with E-state index < -0.39 is 0 Å². The Kier molecular flexibility index (Phi) is 6.60. The molecule has 0 aromatic carbocycles. The highest BCUT2D eigenvalue weighted by molar-refractivity contribution is 5.86. The fraction of sp³-hybridized carbons (Fsp3) is 0.846. The molecule has 4 bridgehead atoms. The van der Waals surface area contributed by atoms with Gasteiger partial charge in [-0.2, -0.15) is 0 Å². The third-order valence-corrected chi connectivity index (χ3v) is 8.64. The van der Waals surface area contributed by atoms with Gasteiger partial charge >= 0.3 is 11.9 Å². The first-order chi connectivity index (χ1) is 14.4. The number of esters is 2. The zero-order valence-corrected chi connectivity index (χ0v) is 19.0. The van der Waals surface area contributed by atoms with Crippen molar-refractivity contribution in [3.8, 4) is 0 Å². The molecule has 30 heavy (non-hydrogen) atoms. The number of carbonyl (C=O) groups is 2. The van der Waals surface area contributed by atoms with Gasteiger partial charge in [0, 0.05) is 12.0 Å². The van der Waals surface area contributed by atoms with E-state index in [1.807, 2.05) is 0 Å². The van der Waals surface area contributed by atoms with Gasteiger partial charge in [-0.3, -0.25) is 4.79 Å². The van der Waals surface area contributed by atoms with Gasteiger partial charge in [0.2, 0.25) is 0 Å². The zero-order valence-electron chi connectivity index (χ0n) is 19.0. The number of unbranched alkanes of at least 4 members (excludes halogenated alkanes) is 1. The molecule has 5 aliphatic carbocycles. The van der Waals surface area contributed by atoms with Crippen LogP contribution in [0, 0.1) is 35.5 Å². The molecule has 2 atom stereocenters. The molecule has 5 rings (SSSR count). The molecule has 4 nitrogen and oxygen atoms in total. The van der Waals surface area contributed by atoms with Crippen LogP contribution in [0.4, 0.5) is 0 Å². The number of carbonyl (C=O) groups excluding carboxylic acids is 2. The van der Waals surface area contributed by atoms with E-state index in [0.717, 1.165) is 17.8 Å². The number of hydrogen-bond donors (Lipinski definition) is 0. The molecule has 168 valence electrons. The first-order valence-electron chi connectivity index (χ1n) is 12.4. The van der Waals surface area contributed by atoms with Crippen molar-refractivity contribution < 1.29 is 19.1 Å². The molecule has 0 amide bonds. The fourth-order valence-electron chi connectivity index (χ4n) is 7.59. The fourth-order valence-corrected chi connectivity index (χ4v) is 7.59. The molecule has 0 N–H and O–H groups in total. The Hall–Kier alpha value is -1.32. The van der Waals surface area contributed by atoms with Crippen molar-refractivity contribution in [2.24, 2.45) is 35.5 Å². The van der Waals surface area contributed by atoms with Gasteiger partial charge in [-0.1, -0.05) is 26.3 Å². The van der Waals surface area contributed by atoms with Crippen molar-refractivity contribution in [1.82, 2.24) is 0 Å². The summed E-state index contributed by atoms with van der Waals surface area (Å²) in [5.74, 6) is 3.86. The Morgan fingerprint density at radius 2 is 1.60 bits per heavy atom. The third kappa shape index (κ3) is 4.34. The van der Waals surface area contributed by atoms with Crippen molar-refractivity contribution in [3.05, 3.63) is 12.2 Å². The Morgan fingerprint density at radius 1 is 0.933 bits per heavy atom. The quantitative estimate of drug-likeness (QED) is 0.283. The predicted molar refractivity (Wildman–Crippen MR) is 117 cm³/mol. The predicted octanol–water partition coefficient (Wildman–Crippen LogP) is 5.84. The molecule has 5 aliphatic rings. The summed E-state index contributed by atoms with van der Waals surface area (Å²) in [6.07, 6.45) is 13.4. The molecular formula is C26H40O4. The van der Waals surface area contributed by atoms with Crippen LogP contribution >= 0.6 is 0 Å². The number of rotatable bonds is 8. The molecule has 0 aromatic heterocycles. The molecule has 5 fully saturated rings. The summed E-state index contributed by atoms with van der Waals surface area (Å²) in [6, 6.07) is 0. The molecule has 2 unspecified atom stereocenters. The summed E-state index contributed by atoms with van der Waals surface area (Å²) in [7, 11) is 0. The molecule has 5 saturated carbocycles. The molecule has 0 spiro atoms. The van der Waals surface area contributed by atoms with E-state index >= 15 is 0 Å². The summed E-state index contributed by atoms with van der Waals surface area (Å²) in [5.41, 5.74) is 0.228. The zero-order chi connectivity index (χ0) is 21.3. The minimum atomic E-state index is -0.350. The van der Waals surface area contributed by atoms with Gasteiger partial charge in [-0.25, -0.2) is 4.79 Å². The van der Waals surface area contributed by atoms with Crippen LogP contribution in [-0.2, 0) is 19.1 Å². The molecule has 4 heteroatoms. The Bertz CT molecular complexity index is 638. The van der Waals surface area contributed by atoms with Crippen molar-refractivity contribution >= 4 is 11.9 Å². The van der Waals surface area contributed by atoms with Crippen molar-refractivity contribution in [1.29, 1.82) is 0 Å². The van der Waals surface area contributed by atoms with Crippen LogP contribution in [0.1, 0.15) is 90.9 Å². The molecule has 0 aromatic rings. The monoisotopic (exact) mass is 416 g/mol. The average Bonchev–Trinajstić information content (AvgIpc) is 2.69. The minimum Gasteiger partial charge on any atom is -0.462 e. The lowest BCUT2D eigenvalue weighted by Gasteiger charge is -2.63. The maximum absolute atomic E-state index is 13.0. The van der Waals surface area contributed by atoms with Gasteiger partial charge in [-0.05, 0) is 100 Å². The average molecular weight is 417 g/mol. The van der Waals surface area contributed by atoms with E-state index in [2.05, 4.69) is 13.5 Å². The van der Waals surface area contributed by atoms with Gasteiger partial charge in [0.05, 0.1) is 6.61 Å². The lowest BCUT2D eigenvalue weighted by Crippen LogP contribution is -2.63. The summed E-state index contributed by atoms with van der Waals surface area (Å²) >= 11 is 0. The van der Waals surface area contributed by atoms with Crippen LogP contribution in [0.3, 0.4) is 0 Å². The second-order valence-corrected chi connectivity index (χ2v) is 11.0. The van der Waals surface area contributed by atoms with Gasteiger partial charge in [0.25, 0.3) is 0 Å². The molecule has 0 radical (unpaired) electrons. The van der Waals surface area contributed by atoms with Gasteiger partial charge < -0.3 is 9.47 Å². The highest BCUT2D eigenvalue weighted by Crippen LogP contribution is 2.63. The van der Waals surface area contributed by atoms with Crippen LogP contribution in [0.15, 0.2) is 12.2 Å². The lowest BCUT2D eigenvalue weighted by molar-refractivity contribution is -0.234. The largest absolute Gasteiger partial charge is 0.462 e. The first-order valence-corrected chi connectivity index (χ1v) is 12.4. The minimum absolute atomic E-state index is 0.0214. The van der Waals surface area contributed by atoms with Crippen molar-refractivity contribution in [3.63, 3.8) is 0 Å². The molecule has 0 heterocycles. The van der Waals surface area contributed by atoms with E-state index in [1.54, 1.807) is 6.92 Å². The summed E-state index contributed by atoms with van der Waals surface area (Å²) < 4.78 is 11.8. The second-order valence-electron chi connectivity index (χ2n) is 11.0. The second kappa shape index (κ2) is 9.04. The Labute approximate surface area is 182 Å². The van der Waals surface area contributed by atoms with Crippen LogP contribution in [0.5, 0.6) is 0 Å².